The lowest BCUT2D eigenvalue weighted by atomic mass is 10.1. The Hall–Kier alpha value is -5.24. The minimum Gasteiger partial charge on any atom is -0.457 e. The number of amides is 2. The Balaban J connectivity index is 1.03. The maximum absolute atomic E-state index is 12.1. The molecule has 43 heavy (non-hydrogen) atoms. The maximum atomic E-state index is 12.1. The summed E-state index contributed by atoms with van der Waals surface area (Å²) < 4.78 is 11.6. The summed E-state index contributed by atoms with van der Waals surface area (Å²) in [6.07, 6.45) is 8.33. The average molecular weight is 577 g/mol. The number of nitrogens with zero attached hydrogens (tertiary/aromatic N) is 2. The molecule has 0 aliphatic carbocycles. The van der Waals surface area contributed by atoms with E-state index in [1.54, 1.807) is 12.4 Å². The fourth-order valence-corrected chi connectivity index (χ4v) is 4.14. The molecule has 0 unspecified atom stereocenters. The SMILES string of the molecule is O=C(CCCCCCCC(=O)N/N=C/c1cccc(Oc2ccccc2)c1)N/N=C/c1cccc(Oc2ccccc2)c1. The van der Waals surface area contributed by atoms with Crippen molar-refractivity contribution in [2.24, 2.45) is 10.2 Å². The van der Waals surface area contributed by atoms with Crippen LogP contribution in [0.2, 0.25) is 0 Å². The van der Waals surface area contributed by atoms with Gasteiger partial charge in [-0.25, -0.2) is 10.9 Å². The summed E-state index contributed by atoms with van der Waals surface area (Å²) in [5.41, 5.74) is 6.81. The molecule has 4 aromatic carbocycles. The number of para-hydroxylation sites is 2. The van der Waals surface area contributed by atoms with Gasteiger partial charge >= 0.3 is 0 Å². The molecule has 2 N–H and O–H groups in total. The van der Waals surface area contributed by atoms with Gasteiger partial charge in [-0.05, 0) is 72.5 Å². The van der Waals surface area contributed by atoms with Crippen LogP contribution in [-0.4, -0.2) is 24.2 Å². The molecule has 0 aromatic heterocycles. The van der Waals surface area contributed by atoms with Gasteiger partial charge in [-0.3, -0.25) is 9.59 Å². The second-order valence-corrected chi connectivity index (χ2v) is 9.83. The predicted molar refractivity (Wildman–Crippen MR) is 170 cm³/mol. The van der Waals surface area contributed by atoms with Crippen LogP contribution < -0.4 is 20.3 Å². The van der Waals surface area contributed by atoms with Crippen molar-refractivity contribution in [3.05, 3.63) is 120 Å². The Morgan fingerprint density at radius 3 is 1.35 bits per heavy atom. The zero-order valence-electron chi connectivity index (χ0n) is 24.0. The van der Waals surface area contributed by atoms with Crippen molar-refractivity contribution in [3.63, 3.8) is 0 Å². The van der Waals surface area contributed by atoms with Gasteiger partial charge in [0, 0.05) is 12.8 Å². The molecule has 0 atom stereocenters. The van der Waals surface area contributed by atoms with Crippen LogP contribution in [0.1, 0.15) is 56.1 Å². The van der Waals surface area contributed by atoms with Gasteiger partial charge in [0.25, 0.3) is 0 Å². The number of unbranched alkanes of at least 4 members (excludes halogenated alkanes) is 4. The summed E-state index contributed by atoms with van der Waals surface area (Å²) in [6.45, 7) is 0. The van der Waals surface area contributed by atoms with Crippen LogP contribution >= 0.6 is 0 Å². The quantitative estimate of drug-likeness (QED) is 0.0814. The topological polar surface area (TPSA) is 101 Å². The van der Waals surface area contributed by atoms with Crippen LogP contribution in [0.4, 0.5) is 0 Å². The first-order valence-corrected chi connectivity index (χ1v) is 14.4. The zero-order chi connectivity index (χ0) is 30.0. The molecule has 0 fully saturated rings. The first kappa shape index (κ1) is 30.7. The van der Waals surface area contributed by atoms with Crippen molar-refractivity contribution in [3.8, 4) is 23.0 Å². The van der Waals surface area contributed by atoms with Gasteiger partial charge in [0.05, 0.1) is 12.4 Å². The Bertz CT molecular complexity index is 1380. The average Bonchev–Trinajstić information content (AvgIpc) is 3.02. The molecular formula is C35H36N4O4. The first-order valence-electron chi connectivity index (χ1n) is 14.4. The Morgan fingerprint density at radius 2 is 0.907 bits per heavy atom. The number of benzene rings is 4. The molecule has 0 saturated heterocycles. The standard InChI is InChI=1S/C35H36N4O4/c40-34(38-36-26-28-14-12-20-32(24-28)42-30-16-6-4-7-17-30)22-10-2-1-3-11-23-35(41)39-37-27-29-15-13-21-33(25-29)43-31-18-8-5-9-19-31/h4-9,12-21,24-27H,1-3,10-11,22-23H2,(H,38,40)(H,39,41)/b36-26+,37-27+. The summed E-state index contributed by atoms with van der Waals surface area (Å²) in [4.78, 5) is 24.2. The third kappa shape index (κ3) is 12.0. The number of carbonyl (C=O) groups is 2. The number of ether oxygens (including phenoxy) is 2. The lowest BCUT2D eigenvalue weighted by molar-refractivity contribution is -0.121. The molecule has 0 saturated carbocycles. The van der Waals surface area contributed by atoms with Crippen molar-refractivity contribution in [1.82, 2.24) is 10.9 Å². The highest BCUT2D eigenvalue weighted by Gasteiger charge is 2.03. The highest BCUT2D eigenvalue weighted by molar-refractivity contribution is 5.83. The molecule has 220 valence electrons. The molecule has 8 nitrogen and oxygen atoms in total. The van der Waals surface area contributed by atoms with Crippen LogP contribution in [-0.2, 0) is 9.59 Å². The number of hydrogen-bond donors (Lipinski definition) is 2. The van der Waals surface area contributed by atoms with E-state index in [1.807, 2.05) is 109 Å². The Kier molecular flexibility index (Phi) is 12.5. The molecule has 0 aliphatic heterocycles. The van der Waals surface area contributed by atoms with Crippen LogP contribution in [0.25, 0.3) is 0 Å². The van der Waals surface area contributed by atoms with Crippen molar-refractivity contribution < 1.29 is 19.1 Å². The minimum atomic E-state index is -0.123. The number of hydrazone groups is 2. The normalized spacial score (nSPS) is 11.0. The third-order valence-corrected chi connectivity index (χ3v) is 6.29. The molecule has 0 bridgehead atoms. The summed E-state index contributed by atoms with van der Waals surface area (Å²) in [6, 6.07) is 34.1. The summed E-state index contributed by atoms with van der Waals surface area (Å²) in [5.74, 6) is 2.66. The largest absolute Gasteiger partial charge is 0.457 e. The molecule has 2 amide bonds. The molecule has 0 aliphatic rings. The highest BCUT2D eigenvalue weighted by atomic mass is 16.5. The van der Waals surface area contributed by atoms with Gasteiger partial charge in [-0.1, -0.05) is 79.9 Å². The van der Waals surface area contributed by atoms with Gasteiger partial charge in [-0.2, -0.15) is 10.2 Å². The number of hydrogen-bond acceptors (Lipinski definition) is 6. The summed E-state index contributed by atoms with van der Waals surface area (Å²) in [5, 5.41) is 8.12. The number of carbonyl (C=O) groups excluding carboxylic acids is 2. The van der Waals surface area contributed by atoms with Gasteiger partial charge < -0.3 is 9.47 Å². The van der Waals surface area contributed by atoms with Gasteiger partial charge in [0.15, 0.2) is 0 Å². The van der Waals surface area contributed by atoms with E-state index in [9.17, 15) is 9.59 Å². The van der Waals surface area contributed by atoms with Crippen molar-refractivity contribution >= 4 is 24.2 Å². The van der Waals surface area contributed by atoms with Crippen LogP contribution in [0.3, 0.4) is 0 Å². The van der Waals surface area contributed by atoms with Crippen molar-refractivity contribution in [2.45, 2.75) is 44.9 Å². The van der Waals surface area contributed by atoms with Crippen LogP contribution in [0.5, 0.6) is 23.0 Å². The minimum absolute atomic E-state index is 0.123. The van der Waals surface area contributed by atoms with E-state index >= 15 is 0 Å². The maximum Gasteiger partial charge on any atom is 0.240 e. The molecule has 0 spiro atoms. The molecule has 4 rings (SSSR count). The van der Waals surface area contributed by atoms with Crippen molar-refractivity contribution in [2.75, 3.05) is 0 Å². The second kappa shape index (κ2) is 17.5. The van der Waals surface area contributed by atoms with Crippen molar-refractivity contribution in [1.29, 1.82) is 0 Å². The van der Waals surface area contributed by atoms with E-state index in [-0.39, 0.29) is 11.8 Å². The fraction of sp³-hybridized carbons (Fsp3) is 0.200. The van der Waals surface area contributed by atoms with E-state index in [0.29, 0.717) is 24.3 Å². The summed E-state index contributed by atoms with van der Waals surface area (Å²) >= 11 is 0. The fourth-order valence-electron chi connectivity index (χ4n) is 4.14. The van der Waals surface area contributed by atoms with E-state index < -0.39 is 0 Å². The monoisotopic (exact) mass is 576 g/mol. The first-order chi connectivity index (χ1) is 21.1. The predicted octanol–water partition coefficient (Wildman–Crippen LogP) is 7.60. The van der Waals surface area contributed by atoms with Gasteiger partial charge in [0.2, 0.25) is 11.8 Å². The van der Waals surface area contributed by atoms with E-state index in [0.717, 1.165) is 54.7 Å². The molecule has 4 aromatic rings. The van der Waals surface area contributed by atoms with E-state index in [1.165, 1.54) is 0 Å². The molecule has 8 heteroatoms. The Labute approximate surface area is 252 Å². The zero-order valence-corrected chi connectivity index (χ0v) is 24.0. The molecule has 0 heterocycles. The smallest absolute Gasteiger partial charge is 0.240 e. The van der Waals surface area contributed by atoms with Gasteiger partial charge in [0.1, 0.15) is 23.0 Å². The molecule has 0 radical (unpaired) electrons. The summed E-state index contributed by atoms with van der Waals surface area (Å²) in [7, 11) is 0. The van der Waals surface area contributed by atoms with Crippen LogP contribution in [0.15, 0.2) is 119 Å². The third-order valence-electron chi connectivity index (χ3n) is 6.29. The molecular weight excluding hydrogens is 540 g/mol. The number of rotatable bonds is 16. The highest BCUT2D eigenvalue weighted by Crippen LogP contribution is 2.22. The lowest BCUT2D eigenvalue weighted by Crippen LogP contribution is -2.17. The van der Waals surface area contributed by atoms with E-state index in [4.69, 9.17) is 9.47 Å². The second-order valence-electron chi connectivity index (χ2n) is 9.83. The van der Waals surface area contributed by atoms with Gasteiger partial charge in [-0.15, -0.1) is 0 Å². The van der Waals surface area contributed by atoms with Crippen LogP contribution in [0, 0.1) is 0 Å². The number of nitrogens with one attached hydrogen (secondary N) is 2. The van der Waals surface area contributed by atoms with E-state index in [2.05, 4.69) is 21.1 Å². The Morgan fingerprint density at radius 1 is 0.512 bits per heavy atom. The lowest BCUT2D eigenvalue weighted by Gasteiger charge is -2.06.